The molecule has 1 heterocycles. The smallest absolute Gasteiger partial charge is 0.133 e. The summed E-state index contributed by atoms with van der Waals surface area (Å²) in [5.41, 5.74) is 8.27. The van der Waals surface area contributed by atoms with Crippen molar-refractivity contribution < 1.29 is 0 Å². The Morgan fingerprint density at radius 3 is 2.60 bits per heavy atom. The third-order valence-corrected chi connectivity index (χ3v) is 3.38. The molecule has 106 valence electrons. The van der Waals surface area contributed by atoms with Gasteiger partial charge in [0.05, 0.1) is 0 Å². The number of hydrogen-bond acceptors (Lipinski definition) is 3. The molecule has 1 unspecified atom stereocenters. The van der Waals surface area contributed by atoms with Crippen LogP contribution >= 0.6 is 0 Å². The molecule has 2 N–H and O–H groups in total. The van der Waals surface area contributed by atoms with Gasteiger partial charge < -0.3 is 10.6 Å². The Labute approximate surface area is 121 Å². The Hall–Kier alpha value is -1.87. The van der Waals surface area contributed by atoms with E-state index in [9.17, 15) is 0 Å². The van der Waals surface area contributed by atoms with Gasteiger partial charge in [-0.05, 0) is 43.2 Å². The number of benzene rings is 1. The van der Waals surface area contributed by atoms with Gasteiger partial charge in [-0.1, -0.05) is 31.5 Å². The molecule has 0 bridgehead atoms. The van der Waals surface area contributed by atoms with Crippen LogP contribution in [-0.4, -0.2) is 11.5 Å². The van der Waals surface area contributed by atoms with E-state index in [0.717, 1.165) is 30.8 Å². The van der Waals surface area contributed by atoms with Crippen LogP contribution < -0.4 is 10.6 Å². The van der Waals surface area contributed by atoms with Gasteiger partial charge in [-0.15, -0.1) is 0 Å². The summed E-state index contributed by atoms with van der Waals surface area (Å²) in [6.07, 6.45) is 4.14. The Bertz CT molecular complexity index is 523. The highest BCUT2D eigenvalue weighted by Crippen LogP contribution is 2.25. The predicted molar refractivity (Wildman–Crippen MR) is 85.2 cm³/mol. The van der Waals surface area contributed by atoms with Crippen molar-refractivity contribution in [2.45, 2.75) is 32.7 Å². The van der Waals surface area contributed by atoms with Gasteiger partial charge in [0.2, 0.25) is 0 Å². The van der Waals surface area contributed by atoms with Crippen molar-refractivity contribution >= 4 is 11.5 Å². The highest BCUT2D eigenvalue weighted by molar-refractivity contribution is 5.60. The van der Waals surface area contributed by atoms with Crippen molar-refractivity contribution in [3.8, 4) is 0 Å². The fourth-order valence-corrected chi connectivity index (χ4v) is 2.17. The molecule has 0 amide bonds. The first-order chi connectivity index (χ1) is 9.72. The number of hydrogen-bond donors (Lipinski definition) is 1. The predicted octanol–water partition coefficient (Wildman–Crippen LogP) is 4.04. The summed E-state index contributed by atoms with van der Waals surface area (Å²) in [5.74, 6) is 0.972. The molecule has 0 radical (unpaired) electrons. The summed E-state index contributed by atoms with van der Waals surface area (Å²) < 4.78 is 0. The highest BCUT2D eigenvalue weighted by atomic mass is 15.2. The van der Waals surface area contributed by atoms with Crippen LogP contribution in [0, 0.1) is 0 Å². The molecule has 0 saturated carbocycles. The Morgan fingerprint density at radius 1 is 1.20 bits per heavy atom. The highest BCUT2D eigenvalue weighted by Gasteiger charge is 2.11. The lowest BCUT2D eigenvalue weighted by molar-refractivity contribution is 0.774. The van der Waals surface area contributed by atoms with Crippen LogP contribution in [0.4, 0.5) is 11.5 Å². The van der Waals surface area contributed by atoms with Gasteiger partial charge in [0.25, 0.3) is 0 Å². The zero-order chi connectivity index (χ0) is 14.4. The minimum Gasteiger partial charge on any atom is -0.326 e. The van der Waals surface area contributed by atoms with Crippen molar-refractivity contribution in [2.24, 2.45) is 5.73 Å². The van der Waals surface area contributed by atoms with E-state index in [4.69, 9.17) is 5.73 Å². The first-order valence-corrected chi connectivity index (χ1v) is 7.26. The van der Waals surface area contributed by atoms with E-state index in [0.29, 0.717) is 0 Å². The number of para-hydroxylation sites is 1. The van der Waals surface area contributed by atoms with Gasteiger partial charge in [-0.25, -0.2) is 4.98 Å². The van der Waals surface area contributed by atoms with Gasteiger partial charge in [-0.3, -0.25) is 0 Å². The normalized spacial score (nSPS) is 12.2. The van der Waals surface area contributed by atoms with Crippen LogP contribution in [0.25, 0.3) is 0 Å². The quantitative estimate of drug-likeness (QED) is 0.860. The average Bonchev–Trinajstić information content (AvgIpc) is 2.49. The van der Waals surface area contributed by atoms with Gasteiger partial charge in [0, 0.05) is 24.5 Å². The monoisotopic (exact) mass is 269 g/mol. The molecular formula is C17H23N3. The van der Waals surface area contributed by atoms with Crippen LogP contribution in [-0.2, 0) is 0 Å². The molecule has 1 aromatic carbocycles. The molecule has 0 aliphatic rings. The van der Waals surface area contributed by atoms with Crippen molar-refractivity contribution in [1.82, 2.24) is 4.98 Å². The molecule has 0 fully saturated rings. The molecule has 20 heavy (non-hydrogen) atoms. The van der Waals surface area contributed by atoms with E-state index in [1.807, 2.05) is 25.3 Å². The maximum atomic E-state index is 5.98. The lowest BCUT2D eigenvalue weighted by Crippen LogP contribution is -2.20. The maximum Gasteiger partial charge on any atom is 0.133 e. The first-order valence-electron chi connectivity index (χ1n) is 7.26. The fourth-order valence-electron chi connectivity index (χ4n) is 2.17. The number of rotatable bonds is 6. The average molecular weight is 269 g/mol. The van der Waals surface area contributed by atoms with Crippen molar-refractivity contribution in [2.75, 3.05) is 11.4 Å². The van der Waals surface area contributed by atoms with Crippen molar-refractivity contribution in [3.63, 3.8) is 0 Å². The molecule has 2 rings (SSSR count). The third kappa shape index (κ3) is 3.58. The summed E-state index contributed by atoms with van der Waals surface area (Å²) in [5, 5.41) is 0. The minimum absolute atomic E-state index is 0.0283. The lowest BCUT2D eigenvalue weighted by atomic mass is 10.1. The zero-order valence-corrected chi connectivity index (χ0v) is 12.3. The van der Waals surface area contributed by atoms with E-state index in [1.165, 1.54) is 5.69 Å². The molecular weight excluding hydrogens is 246 g/mol. The topological polar surface area (TPSA) is 42.1 Å². The summed E-state index contributed by atoms with van der Waals surface area (Å²) in [6.45, 7) is 5.17. The minimum atomic E-state index is 0.0283. The fraction of sp³-hybridized carbons (Fsp3) is 0.353. The van der Waals surface area contributed by atoms with Crippen molar-refractivity contribution in [3.05, 3.63) is 54.2 Å². The van der Waals surface area contributed by atoms with Crippen LogP contribution in [0.15, 0.2) is 48.7 Å². The molecule has 0 aliphatic heterocycles. The molecule has 0 spiro atoms. The molecule has 3 nitrogen and oxygen atoms in total. The zero-order valence-electron chi connectivity index (χ0n) is 12.3. The molecule has 0 saturated heterocycles. The van der Waals surface area contributed by atoms with Gasteiger partial charge in [-0.2, -0.15) is 0 Å². The number of nitrogens with two attached hydrogens (primary N) is 1. The second-order valence-electron chi connectivity index (χ2n) is 5.08. The van der Waals surface area contributed by atoms with E-state index in [1.54, 1.807) is 0 Å². The second kappa shape index (κ2) is 7.06. The Kier molecular flexibility index (Phi) is 5.13. The van der Waals surface area contributed by atoms with E-state index >= 15 is 0 Å². The lowest BCUT2D eigenvalue weighted by Gasteiger charge is -2.24. The number of unbranched alkanes of at least 4 members (excludes halogenated alkanes) is 1. The van der Waals surface area contributed by atoms with Gasteiger partial charge in [0.1, 0.15) is 5.82 Å². The number of nitrogens with zero attached hydrogens (tertiary/aromatic N) is 2. The Morgan fingerprint density at radius 2 is 1.95 bits per heavy atom. The number of anilines is 2. The SMILES string of the molecule is CCCCN(c1ccccc1)c1cc(C(C)N)ccn1. The number of pyridine rings is 1. The molecule has 1 aromatic heterocycles. The maximum absolute atomic E-state index is 5.98. The second-order valence-corrected chi connectivity index (χ2v) is 5.08. The third-order valence-electron chi connectivity index (χ3n) is 3.38. The Balaban J connectivity index is 2.33. The molecule has 3 heteroatoms. The van der Waals surface area contributed by atoms with Gasteiger partial charge >= 0.3 is 0 Å². The van der Waals surface area contributed by atoms with Crippen LogP contribution in [0.5, 0.6) is 0 Å². The largest absolute Gasteiger partial charge is 0.326 e. The van der Waals surface area contributed by atoms with E-state index in [-0.39, 0.29) is 6.04 Å². The summed E-state index contributed by atoms with van der Waals surface area (Å²) in [6, 6.07) is 14.5. The van der Waals surface area contributed by atoms with Crippen LogP contribution in [0.2, 0.25) is 0 Å². The standard InChI is InChI=1S/C17H23N3/c1-3-4-12-20(16-8-6-5-7-9-16)17-13-15(14(2)18)10-11-19-17/h5-11,13-14H,3-4,12,18H2,1-2H3. The summed E-state index contributed by atoms with van der Waals surface area (Å²) in [4.78, 5) is 6.78. The van der Waals surface area contributed by atoms with E-state index < -0.39 is 0 Å². The van der Waals surface area contributed by atoms with E-state index in [2.05, 4.69) is 47.1 Å². The van der Waals surface area contributed by atoms with Gasteiger partial charge in [0.15, 0.2) is 0 Å². The molecule has 1 atom stereocenters. The van der Waals surface area contributed by atoms with Crippen LogP contribution in [0.1, 0.15) is 38.3 Å². The molecule has 0 aliphatic carbocycles. The van der Waals surface area contributed by atoms with Crippen molar-refractivity contribution in [1.29, 1.82) is 0 Å². The first kappa shape index (κ1) is 14.5. The van der Waals surface area contributed by atoms with Crippen LogP contribution in [0.3, 0.4) is 0 Å². The molecule has 2 aromatic rings. The summed E-state index contributed by atoms with van der Waals surface area (Å²) >= 11 is 0. The number of aromatic nitrogens is 1. The summed E-state index contributed by atoms with van der Waals surface area (Å²) in [7, 11) is 0.